The zero-order valence-electron chi connectivity index (χ0n) is 9.31. The average Bonchev–Trinajstić information content (AvgIpc) is 2.45. The number of aromatic amines is 1. The minimum absolute atomic E-state index is 0.201. The molecule has 14 heavy (non-hydrogen) atoms. The lowest BCUT2D eigenvalue weighted by atomic mass is 9.92. The molecule has 1 N–H and O–H groups in total. The summed E-state index contributed by atoms with van der Waals surface area (Å²) in [4.78, 5) is 3.46. The van der Waals surface area contributed by atoms with Gasteiger partial charge in [0.1, 0.15) is 7.85 Å². The predicted molar refractivity (Wildman–Crippen MR) is 65.2 cm³/mol. The fraction of sp³-hybridized carbons (Fsp3) is 0.333. The average molecular weight is 185 g/mol. The molecule has 0 aliphatic carbocycles. The van der Waals surface area contributed by atoms with E-state index in [0.29, 0.717) is 0 Å². The molecule has 0 radical (unpaired) electrons. The number of hydrogen-bond donors (Lipinski definition) is 1. The van der Waals surface area contributed by atoms with Gasteiger partial charge in [0.05, 0.1) is 0 Å². The largest absolute Gasteiger partial charge is 0.358 e. The topological polar surface area (TPSA) is 15.8 Å². The highest BCUT2D eigenvalue weighted by Crippen LogP contribution is 2.24. The molecule has 72 valence electrons. The quantitative estimate of drug-likeness (QED) is 0.601. The molecule has 0 fully saturated rings. The Morgan fingerprint density at radius 2 is 1.86 bits per heavy atom. The molecule has 0 aliphatic heterocycles. The van der Waals surface area contributed by atoms with Crippen molar-refractivity contribution < 1.29 is 0 Å². The zero-order valence-corrected chi connectivity index (χ0v) is 9.31. The van der Waals surface area contributed by atoms with Gasteiger partial charge in [-0.2, -0.15) is 0 Å². The molecule has 2 rings (SSSR count). The summed E-state index contributed by atoms with van der Waals surface area (Å²) in [5.41, 5.74) is 4.06. The molecule has 0 aliphatic rings. The van der Waals surface area contributed by atoms with Crippen LogP contribution in [0.3, 0.4) is 0 Å². The van der Waals surface area contributed by atoms with E-state index < -0.39 is 0 Å². The summed E-state index contributed by atoms with van der Waals surface area (Å²) in [6.45, 7) is 6.68. The van der Waals surface area contributed by atoms with Crippen molar-refractivity contribution in [2.45, 2.75) is 26.2 Å². The van der Waals surface area contributed by atoms with Crippen molar-refractivity contribution in [2.75, 3.05) is 0 Å². The van der Waals surface area contributed by atoms with Gasteiger partial charge in [-0.15, -0.1) is 0 Å². The summed E-state index contributed by atoms with van der Waals surface area (Å²) < 4.78 is 0. The molecule has 1 nitrogen and oxygen atoms in total. The fourth-order valence-corrected chi connectivity index (χ4v) is 1.66. The van der Waals surface area contributed by atoms with E-state index in [1.54, 1.807) is 0 Å². The van der Waals surface area contributed by atoms with Gasteiger partial charge in [0, 0.05) is 16.6 Å². The Bertz CT molecular complexity index is 463. The summed E-state index contributed by atoms with van der Waals surface area (Å²) in [6, 6.07) is 8.77. The number of benzene rings is 1. The van der Waals surface area contributed by atoms with Gasteiger partial charge in [-0.1, -0.05) is 38.4 Å². The minimum Gasteiger partial charge on any atom is -0.358 e. The molecule has 1 aromatic heterocycles. The lowest BCUT2D eigenvalue weighted by molar-refractivity contribution is 0.574. The number of hydrogen-bond acceptors (Lipinski definition) is 0. The highest BCUT2D eigenvalue weighted by molar-refractivity contribution is 6.33. The normalized spacial score (nSPS) is 12.2. The third-order valence-corrected chi connectivity index (χ3v) is 2.58. The Morgan fingerprint density at radius 1 is 1.14 bits per heavy atom. The van der Waals surface area contributed by atoms with Crippen LogP contribution in [0.1, 0.15) is 26.5 Å². The molecule has 0 spiro atoms. The van der Waals surface area contributed by atoms with Crippen molar-refractivity contribution in [1.82, 2.24) is 4.98 Å². The van der Waals surface area contributed by atoms with Gasteiger partial charge in [0.2, 0.25) is 0 Å². The van der Waals surface area contributed by atoms with Gasteiger partial charge in [-0.05, 0) is 17.5 Å². The maximum absolute atomic E-state index is 3.46. The van der Waals surface area contributed by atoms with E-state index in [4.69, 9.17) is 0 Å². The smallest absolute Gasteiger partial charge is 0.139 e. The standard InChI is InChI=1S/C12H16BN/c1-12(2,3)11-7-8-6-9(13)4-5-10(8)14-11/h4-7,14H,13H2,1-3H3. The Hall–Kier alpha value is -1.18. The summed E-state index contributed by atoms with van der Waals surface area (Å²) in [5, 5.41) is 1.31. The second-order valence-corrected chi connectivity index (χ2v) is 5.02. The van der Waals surface area contributed by atoms with E-state index in [9.17, 15) is 0 Å². The van der Waals surface area contributed by atoms with Crippen molar-refractivity contribution in [2.24, 2.45) is 0 Å². The van der Waals surface area contributed by atoms with Gasteiger partial charge >= 0.3 is 0 Å². The summed E-state index contributed by atoms with van der Waals surface area (Å²) >= 11 is 0. The van der Waals surface area contributed by atoms with Crippen LogP contribution in [0.25, 0.3) is 10.9 Å². The first-order valence-corrected chi connectivity index (χ1v) is 5.07. The number of aromatic nitrogens is 1. The van der Waals surface area contributed by atoms with Gasteiger partial charge in [-0.3, -0.25) is 0 Å². The fourth-order valence-electron chi connectivity index (χ4n) is 1.66. The van der Waals surface area contributed by atoms with E-state index in [0.717, 1.165) is 0 Å². The molecule has 0 unspecified atom stereocenters. The second-order valence-electron chi connectivity index (χ2n) is 5.02. The van der Waals surface area contributed by atoms with Gasteiger partial charge < -0.3 is 4.98 Å². The predicted octanol–water partition coefficient (Wildman–Crippen LogP) is 1.72. The number of rotatable bonds is 0. The van der Waals surface area contributed by atoms with Crippen molar-refractivity contribution in [3.63, 3.8) is 0 Å². The van der Waals surface area contributed by atoms with Crippen LogP contribution in [0.15, 0.2) is 24.3 Å². The van der Waals surface area contributed by atoms with E-state index in [-0.39, 0.29) is 5.41 Å². The molecule has 0 saturated carbocycles. The monoisotopic (exact) mass is 185 g/mol. The van der Waals surface area contributed by atoms with E-state index in [1.165, 1.54) is 22.1 Å². The van der Waals surface area contributed by atoms with Crippen LogP contribution in [0.4, 0.5) is 0 Å². The molecule has 0 amide bonds. The highest BCUT2D eigenvalue weighted by atomic mass is 14.7. The summed E-state index contributed by atoms with van der Waals surface area (Å²) in [5.74, 6) is 0. The maximum atomic E-state index is 3.46. The van der Waals surface area contributed by atoms with Crippen LogP contribution >= 0.6 is 0 Å². The van der Waals surface area contributed by atoms with Crippen molar-refractivity contribution in [3.8, 4) is 0 Å². The first kappa shape index (κ1) is 9.38. The zero-order chi connectivity index (χ0) is 10.3. The van der Waals surface area contributed by atoms with Gasteiger partial charge in [-0.25, -0.2) is 0 Å². The number of fused-ring (bicyclic) bond motifs is 1. The Balaban J connectivity index is 2.63. The van der Waals surface area contributed by atoms with E-state index in [1.807, 2.05) is 0 Å². The molecular weight excluding hydrogens is 169 g/mol. The Morgan fingerprint density at radius 3 is 2.50 bits per heavy atom. The molecule has 0 atom stereocenters. The van der Waals surface area contributed by atoms with Crippen molar-refractivity contribution in [3.05, 3.63) is 30.0 Å². The van der Waals surface area contributed by atoms with Crippen LogP contribution < -0.4 is 5.46 Å². The summed E-state index contributed by atoms with van der Waals surface area (Å²) in [6.07, 6.45) is 0. The Labute approximate surface area is 85.9 Å². The molecule has 0 bridgehead atoms. The number of nitrogens with one attached hydrogen (secondary N) is 1. The minimum atomic E-state index is 0.201. The molecule has 2 aromatic rings. The van der Waals surface area contributed by atoms with Crippen LogP contribution in [-0.2, 0) is 5.41 Å². The van der Waals surface area contributed by atoms with Crippen molar-refractivity contribution >= 4 is 24.2 Å². The molecule has 1 aromatic carbocycles. The molecule has 2 heteroatoms. The first-order chi connectivity index (χ1) is 6.47. The highest BCUT2D eigenvalue weighted by Gasteiger charge is 2.15. The number of H-pyrrole nitrogens is 1. The second kappa shape index (κ2) is 2.91. The third-order valence-electron chi connectivity index (χ3n) is 2.58. The van der Waals surface area contributed by atoms with Crippen LogP contribution in [-0.4, -0.2) is 12.8 Å². The summed E-state index contributed by atoms with van der Waals surface area (Å²) in [7, 11) is 2.13. The lowest BCUT2D eigenvalue weighted by Gasteiger charge is -2.15. The molecule has 0 saturated heterocycles. The maximum Gasteiger partial charge on any atom is 0.139 e. The van der Waals surface area contributed by atoms with Gasteiger partial charge in [0.25, 0.3) is 0 Å². The van der Waals surface area contributed by atoms with E-state index >= 15 is 0 Å². The van der Waals surface area contributed by atoms with Crippen LogP contribution in [0, 0.1) is 0 Å². The van der Waals surface area contributed by atoms with Gasteiger partial charge in [0.15, 0.2) is 0 Å². The first-order valence-electron chi connectivity index (χ1n) is 5.07. The van der Waals surface area contributed by atoms with Crippen molar-refractivity contribution in [1.29, 1.82) is 0 Å². The van der Waals surface area contributed by atoms with E-state index in [2.05, 4.69) is 57.9 Å². The molecular formula is C12H16BN. The lowest BCUT2D eigenvalue weighted by Crippen LogP contribution is -2.10. The SMILES string of the molecule is Bc1ccc2[nH]c(C(C)(C)C)cc2c1. The third kappa shape index (κ3) is 1.57. The van der Waals surface area contributed by atoms with Crippen LogP contribution in [0.5, 0.6) is 0 Å². The van der Waals surface area contributed by atoms with Crippen LogP contribution in [0.2, 0.25) is 0 Å². The molecule has 1 heterocycles. The Kier molecular flexibility index (Phi) is 1.95.